The highest BCUT2D eigenvalue weighted by Crippen LogP contribution is 2.31. The Morgan fingerprint density at radius 2 is 1.83 bits per heavy atom. The van der Waals surface area contributed by atoms with E-state index in [-0.39, 0.29) is 0 Å². The van der Waals surface area contributed by atoms with Crippen LogP contribution in [-0.2, 0) is 12.8 Å². The maximum absolute atomic E-state index is 6.12. The molecule has 0 N–H and O–H groups in total. The molecule has 4 rings (SSSR count). The lowest BCUT2D eigenvalue weighted by atomic mass is 10.0. The van der Waals surface area contributed by atoms with Crippen molar-refractivity contribution < 1.29 is 0 Å². The summed E-state index contributed by atoms with van der Waals surface area (Å²) in [4.78, 5) is 9.46. The Bertz CT molecular complexity index is 681. The van der Waals surface area contributed by atoms with Crippen LogP contribution in [0.5, 0.6) is 0 Å². The third-order valence-corrected chi connectivity index (χ3v) is 5.62. The molecule has 0 bridgehead atoms. The van der Waals surface area contributed by atoms with E-state index in [0.29, 0.717) is 0 Å². The molecule has 1 saturated heterocycles. The topological polar surface area (TPSA) is 19.4 Å². The van der Waals surface area contributed by atoms with Crippen molar-refractivity contribution in [3.63, 3.8) is 0 Å². The Kier molecular flexibility index (Phi) is 4.72. The fraction of sp³-hybridized carbons (Fsp3) is 0.450. The highest BCUT2D eigenvalue weighted by atomic mass is 35.5. The first-order valence-corrected chi connectivity index (χ1v) is 9.31. The van der Waals surface area contributed by atoms with Gasteiger partial charge in [0.15, 0.2) is 0 Å². The van der Waals surface area contributed by atoms with Crippen molar-refractivity contribution in [3.8, 4) is 0 Å². The molecule has 24 heavy (non-hydrogen) atoms. The highest BCUT2D eigenvalue weighted by Gasteiger charge is 2.23. The smallest absolute Gasteiger partial charge is 0.128 e. The van der Waals surface area contributed by atoms with Gasteiger partial charge < -0.3 is 4.90 Å². The molecule has 1 aromatic carbocycles. The monoisotopic (exact) mass is 341 g/mol. The fourth-order valence-corrected chi connectivity index (χ4v) is 4.18. The second-order valence-electron chi connectivity index (χ2n) is 6.99. The standard InChI is InChI=1S/C20H24ClN3/c21-19-5-4-17-13-16(14-18(17)15-19)6-8-23-9-11-24(12-10-23)20-3-1-2-7-22-20/h1-5,7,15-16H,6,8-14H2. The summed E-state index contributed by atoms with van der Waals surface area (Å²) < 4.78 is 0. The van der Waals surface area contributed by atoms with Crippen molar-refractivity contribution in [2.24, 2.45) is 5.92 Å². The molecule has 4 heteroatoms. The molecule has 0 radical (unpaired) electrons. The van der Waals surface area contributed by atoms with E-state index in [1.54, 1.807) is 0 Å². The van der Waals surface area contributed by atoms with Gasteiger partial charge in [-0.1, -0.05) is 23.7 Å². The van der Waals surface area contributed by atoms with E-state index in [2.05, 4.69) is 39.0 Å². The molecular weight excluding hydrogens is 318 g/mol. The predicted octanol–water partition coefficient (Wildman–Crippen LogP) is 3.66. The summed E-state index contributed by atoms with van der Waals surface area (Å²) in [7, 11) is 0. The summed E-state index contributed by atoms with van der Waals surface area (Å²) in [6.07, 6.45) is 5.59. The first-order chi connectivity index (χ1) is 11.8. The van der Waals surface area contributed by atoms with Crippen molar-refractivity contribution in [2.45, 2.75) is 19.3 Å². The maximum atomic E-state index is 6.12. The molecule has 2 aliphatic rings. The van der Waals surface area contributed by atoms with Crippen LogP contribution in [0.4, 0.5) is 5.82 Å². The SMILES string of the molecule is Clc1ccc2c(c1)CC(CCN1CCN(c3ccccn3)CC1)C2. The number of benzene rings is 1. The first-order valence-electron chi connectivity index (χ1n) is 8.93. The summed E-state index contributed by atoms with van der Waals surface area (Å²) >= 11 is 6.12. The number of fused-ring (bicyclic) bond motifs is 1. The van der Waals surface area contributed by atoms with E-state index in [1.807, 2.05) is 18.3 Å². The lowest BCUT2D eigenvalue weighted by Gasteiger charge is -2.35. The zero-order valence-electron chi connectivity index (χ0n) is 14.0. The van der Waals surface area contributed by atoms with Gasteiger partial charge >= 0.3 is 0 Å². The Morgan fingerprint density at radius 1 is 1.00 bits per heavy atom. The first kappa shape index (κ1) is 15.9. The molecule has 1 aromatic heterocycles. The van der Waals surface area contributed by atoms with Gasteiger partial charge in [0.05, 0.1) is 0 Å². The molecule has 2 aromatic rings. The van der Waals surface area contributed by atoms with Crippen LogP contribution in [0.15, 0.2) is 42.6 Å². The van der Waals surface area contributed by atoms with E-state index >= 15 is 0 Å². The van der Waals surface area contributed by atoms with E-state index in [1.165, 1.54) is 36.9 Å². The lowest BCUT2D eigenvalue weighted by molar-refractivity contribution is 0.239. The molecule has 1 atom stereocenters. The second-order valence-corrected chi connectivity index (χ2v) is 7.43. The number of piperazine rings is 1. The van der Waals surface area contributed by atoms with Gasteiger partial charge in [-0.3, -0.25) is 4.90 Å². The van der Waals surface area contributed by atoms with E-state index in [9.17, 15) is 0 Å². The number of aromatic nitrogens is 1. The van der Waals surface area contributed by atoms with Crippen LogP contribution in [0.1, 0.15) is 17.5 Å². The van der Waals surface area contributed by atoms with Gasteiger partial charge in [-0.2, -0.15) is 0 Å². The van der Waals surface area contributed by atoms with Crippen LogP contribution in [0.2, 0.25) is 5.02 Å². The van der Waals surface area contributed by atoms with Crippen LogP contribution < -0.4 is 4.90 Å². The van der Waals surface area contributed by atoms with Crippen LogP contribution >= 0.6 is 11.6 Å². The fourth-order valence-electron chi connectivity index (χ4n) is 3.99. The number of nitrogens with zero attached hydrogens (tertiary/aromatic N) is 3. The number of halogens is 1. The number of hydrogen-bond acceptors (Lipinski definition) is 3. The molecule has 0 spiro atoms. The van der Waals surface area contributed by atoms with E-state index in [0.717, 1.165) is 42.9 Å². The second kappa shape index (κ2) is 7.12. The van der Waals surface area contributed by atoms with Crippen LogP contribution in [0, 0.1) is 5.92 Å². The minimum absolute atomic E-state index is 0.785. The molecule has 1 fully saturated rings. The molecule has 0 amide bonds. The number of rotatable bonds is 4. The average Bonchev–Trinajstić information content (AvgIpc) is 3.03. The van der Waals surface area contributed by atoms with Gasteiger partial charge in [0.25, 0.3) is 0 Å². The molecule has 3 nitrogen and oxygen atoms in total. The minimum atomic E-state index is 0.785. The largest absolute Gasteiger partial charge is 0.354 e. The van der Waals surface area contributed by atoms with Crippen LogP contribution in [-0.4, -0.2) is 42.6 Å². The van der Waals surface area contributed by atoms with Gasteiger partial charge in [-0.25, -0.2) is 4.98 Å². The van der Waals surface area contributed by atoms with Gasteiger partial charge in [-0.15, -0.1) is 0 Å². The summed E-state index contributed by atoms with van der Waals surface area (Å²) in [5.74, 6) is 1.90. The summed E-state index contributed by atoms with van der Waals surface area (Å²) in [5, 5.41) is 0.875. The number of hydrogen-bond donors (Lipinski definition) is 0. The van der Waals surface area contributed by atoms with Crippen molar-refractivity contribution in [1.82, 2.24) is 9.88 Å². The van der Waals surface area contributed by atoms with E-state index in [4.69, 9.17) is 11.6 Å². The molecular formula is C20H24ClN3. The number of pyridine rings is 1. The van der Waals surface area contributed by atoms with Crippen LogP contribution in [0.25, 0.3) is 0 Å². The summed E-state index contributed by atoms with van der Waals surface area (Å²) in [5.41, 5.74) is 2.97. The lowest BCUT2D eigenvalue weighted by Crippen LogP contribution is -2.47. The van der Waals surface area contributed by atoms with E-state index < -0.39 is 0 Å². The molecule has 2 heterocycles. The number of anilines is 1. The van der Waals surface area contributed by atoms with Gasteiger partial charge in [0.1, 0.15) is 5.82 Å². The van der Waals surface area contributed by atoms with Gasteiger partial charge in [0, 0.05) is 37.4 Å². The highest BCUT2D eigenvalue weighted by molar-refractivity contribution is 6.30. The minimum Gasteiger partial charge on any atom is -0.354 e. The average molecular weight is 342 g/mol. The Hall–Kier alpha value is -1.58. The molecule has 1 aliphatic carbocycles. The third-order valence-electron chi connectivity index (χ3n) is 5.38. The third kappa shape index (κ3) is 3.57. The van der Waals surface area contributed by atoms with Crippen molar-refractivity contribution >= 4 is 17.4 Å². The predicted molar refractivity (Wildman–Crippen MR) is 99.9 cm³/mol. The normalized spacial score (nSPS) is 21.0. The van der Waals surface area contributed by atoms with Gasteiger partial charge in [0.2, 0.25) is 0 Å². The molecule has 1 aliphatic heterocycles. The van der Waals surface area contributed by atoms with Crippen molar-refractivity contribution in [2.75, 3.05) is 37.6 Å². The Morgan fingerprint density at radius 3 is 2.62 bits per heavy atom. The maximum Gasteiger partial charge on any atom is 0.128 e. The quantitative estimate of drug-likeness (QED) is 0.846. The molecule has 126 valence electrons. The molecule has 0 saturated carbocycles. The van der Waals surface area contributed by atoms with Crippen molar-refractivity contribution in [3.05, 3.63) is 58.7 Å². The zero-order valence-corrected chi connectivity index (χ0v) is 14.8. The Labute approximate surface area is 149 Å². The van der Waals surface area contributed by atoms with Crippen LogP contribution in [0.3, 0.4) is 0 Å². The molecule has 1 unspecified atom stereocenters. The van der Waals surface area contributed by atoms with Crippen molar-refractivity contribution in [1.29, 1.82) is 0 Å². The van der Waals surface area contributed by atoms with Gasteiger partial charge in [-0.05, 0) is 67.1 Å². The summed E-state index contributed by atoms with van der Waals surface area (Å²) in [6, 6.07) is 12.5. The zero-order chi connectivity index (χ0) is 16.4. The summed E-state index contributed by atoms with van der Waals surface area (Å²) in [6.45, 7) is 5.65. The Balaban J connectivity index is 1.24.